The van der Waals surface area contributed by atoms with Gasteiger partial charge in [-0.15, -0.1) is 0 Å². The van der Waals surface area contributed by atoms with Gasteiger partial charge in [-0.1, -0.05) is 0 Å². The number of nitrogens with two attached hydrogens (primary N) is 3. The Morgan fingerprint density at radius 1 is 0.688 bits per heavy atom. The number of aliphatic carboxylic acids is 3. The Labute approximate surface area is 102 Å². The number of carbonyl (C=O) groups excluding carboxylic acids is 3. The molecule has 0 aromatic heterocycles. The van der Waals surface area contributed by atoms with Crippen LogP contribution in [0.5, 0.6) is 0 Å². The zero-order chi connectivity index (χ0) is 12.9. The first-order chi connectivity index (χ1) is 6.81. The minimum atomic E-state index is -1.22. The molecule has 0 saturated carbocycles. The van der Waals surface area contributed by atoms with Crippen LogP contribution in [0.4, 0.5) is 0 Å². The maximum atomic E-state index is 9.13. The Hall–Kier alpha value is -1.19. The van der Waals surface area contributed by atoms with Crippen LogP contribution in [-0.2, 0) is 31.5 Å². The van der Waals surface area contributed by atoms with E-state index in [1.165, 1.54) is 0 Å². The van der Waals surface area contributed by atoms with Crippen LogP contribution in [0.2, 0.25) is 0 Å². The van der Waals surface area contributed by atoms with Crippen molar-refractivity contribution in [2.45, 2.75) is 0 Å². The molecule has 0 fully saturated rings. The standard InChI is InChI=1S/3C2H5NO2.Mn/c3*3-1-2(4)5;/h3*1,3H2,(H,4,5);/q;;;+3/p-3. The smallest absolute Gasteiger partial charge is 0.549 e. The zero-order valence-electron chi connectivity index (χ0n) is 8.18. The monoisotopic (exact) mass is 277 g/mol. The Morgan fingerprint density at radius 3 is 0.750 bits per heavy atom. The van der Waals surface area contributed by atoms with Crippen LogP contribution in [0.3, 0.4) is 0 Å². The molecule has 0 aromatic carbocycles. The molecular formula is C6H12MnN3O6. The second-order valence-electron chi connectivity index (χ2n) is 1.73. The Morgan fingerprint density at radius 2 is 0.750 bits per heavy atom. The number of hydrogen-bond acceptors (Lipinski definition) is 9. The molecule has 10 heteroatoms. The minimum absolute atomic E-state index is 0. The van der Waals surface area contributed by atoms with Gasteiger partial charge in [-0.2, -0.15) is 0 Å². The summed E-state index contributed by atoms with van der Waals surface area (Å²) in [4.78, 5) is 27.4. The average Bonchev–Trinajstić information content (AvgIpc) is 2.19. The molecule has 0 aromatic rings. The molecule has 0 amide bonds. The molecule has 0 saturated heterocycles. The van der Waals surface area contributed by atoms with Gasteiger partial charge in [-0.25, -0.2) is 0 Å². The normalized spacial score (nSPS) is 6.94. The second kappa shape index (κ2) is 19.4. The third-order valence-corrected chi connectivity index (χ3v) is 0.500. The van der Waals surface area contributed by atoms with Gasteiger partial charge in [0.2, 0.25) is 0 Å². The maximum Gasteiger partial charge on any atom is 3.00 e. The number of rotatable bonds is 3. The number of hydrogen-bond donors (Lipinski definition) is 3. The van der Waals surface area contributed by atoms with E-state index in [2.05, 4.69) is 17.2 Å². The predicted octanol–water partition coefficient (Wildman–Crippen LogP) is -6.92. The summed E-state index contributed by atoms with van der Waals surface area (Å²) in [6, 6.07) is 0. The molecule has 0 unspecified atom stereocenters. The molecule has 0 rings (SSSR count). The van der Waals surface area contributed by atoms with Crippen molar-refractivity contribution in [1.29, 1.82) is 0 Å². The first-order valence-corrected chi connectivity index (χ1v) is 3.51. The van der Waals surface area contributed by atoms with Crippen LogP contribution in [0, 0.1) is 0 Å². The van der Waals surface area contributed by atoms with Crippen molar-refractivity contribution < 1.29 is 46.8 Å². The van der Waals surface area contributed by atoms with Crippen LogP contribution < -0.4 is 32.5 Å². The van der Waals surface area contributed by atoms with Gasteiger partial charge in [0.1, 0.15) is 0 Å². The summed E-state index contributed by atoms with van der Waals surface area (Å²) in [6.45, 7) is -1.17. The van der Waals surface area contributed by atoms with Gasteiger partial charge in [0.25, 0.3) is 0 Å². The van der Waals surface area contributed by atoms with Gasteiger partial charge >= 0.3 is 17.1 Å². The molecule has 0 heterocycles. The van der Waals surface area contributed by atoms with Crippen molar-refractivity contribution in [3.05, 3.63) is 0 Å². The van der Waals surface area contributed by atoms with E-state index in [0.717, 1.165) is 0 Å². The fourth-order valence-electron chi connectivity index (χ4n) is 0. The van der Waals surface area contributed by atoms with Gasteiger partial charge < -0.3 is 46.9 Å². The van der Waals surface area contributed by atoms with Crippen molar-refractivity contribution in [2.75, 3.05) is 19.6 Å². The largest absolute Gasteiger partial charge is 3.00 e. The predicted molar refractivity (Wildman–Crippen MR) is 42.2 cm³/mol. The topological polar surface area (TPSA) is 198 Å². The van der Waals surface area contributed by atoms with Crippen molar-refractivity contribution >= 4 is 17.9 Å². The minimum Gasteiger partial charge on any atom is -0.549 e. The summed E-state index contributed by atoms with van der Waals surface area (Å²) < 4.78 is 0. The summed E-state index contributed by atoms with van der Waals surface area (Å²) in [5.74, 6) is -3.65. The van der Waals surface area contributed by atoms with Crippen LogP contribution in [-0.4, -0.2) is 37.5 Å². The van der Waals surface area contributed by atoms with E-state index < -0.39 is 17.9 Å². The molecular weight excluding hydrogens is 265 g/mol. The van der Waals surface area contributed by atoms with E-state index in [0.29, 0.717) is 0 Å². The van der Waals surface area contributed by atoms with Crippen LogP contribution in [0.1, 0.15) is 0 Å². The SMILES string of the molecule is NCC(=O)[O-].NCC(=O)[O-].NCC(=O)[O-].[Mn+3]. The van der Waals surface area contributed by atoms with E-state index in [4.69, 9.17) is 29.7 Å². The molecule has 0 aliphatic carbocycles. The van der Waals surface area contributed by atoms with Crippen LogP contribution in [0.25, 0.3) is 0 Å². The molecule has 16 heavy (non-hydrogen) atoms. The van der Waals surface area contributed by atoms with E-state index in [1.807, 2.05) is 0 Å². The van der Waals surface area contributed by atoms with E-state index in [-0.39, 0.29) is 36.7 Å². The quantitative estimate of drug-likeness (QED) is 0.419. The second-order valence-corrected chi connectivity index (χ2v) is 1.73. The van der Waals surface area contributed by atoms with Crippen LogP contribution in [0.15, 0.2) is 0 Å². The summed E-state index contributed by atoms with van der Waals surface area (Å²) in [5.41, 5.74) is 13.5. The van der Waals surface area contributed by atoms with Crippen LogP contribution >= 0.6 is 0 Å². The Bertz CT molecular complexity index is 167. The third-order valence-electron chi connectivity index (χ3n) is 0.500. The summed E-state index contributed by atoms with van der Waals surface area (Å²) in [6.07, 6.45) is 0. The first-order valence-electron chi connectivity index (χ1n) is 3.51. The molecule has 0 spiro atoms. The summed E-state index contributed by atoms with van der Waals surface area (Å²) in [5, 5.41) is 27.4. The van der Waals surface area contributed by atoms with Gasteiger partial charge in [0.05, 0.1) is 17.9 Å². The summed E-state index contributed by atoms with van der Waals surface area (Å²) >= 11 is 0. The zero-order valence-corrected chi connectivity index (χ0v) is 9.36. The molecule has 6 N–H and O–H groups in total. The van der Waals surface area contributed by atoms with Crippen molar-refractivity contribution in [1.82, 2.24) is 0 Å². The van der Waals surface area contributed by atoms with Crippen molar-refractivity contribution in [2.24, 2.45) is 17.2 Å². The third kappa shape index (κ3) is 77.2. The fraction of sp³-hybridized carbons (Fsp3) is 0.500. The molecule has 0 atom stereocenters. The first kappa shape index (κ1) is 24.2. The molecule has 94 valence electrons. The van der Waals surface area contributed by atoms with Gasteiger partial charge in [0.15, 0.2) is 0 Å². The molecule has 0 bridgehead atoms. The van der Waals surface area contributed by atoms with Gasteiger partial charge in [-0.3, -0.25) is 0 Å². The van der Waals surface area contributed by atoms with E-state index in [1.54, 1.807) is 0 Å². The van der Waals surface area contributed by atoms with Crippen molar-refractivity contribution in [3.8, 4) is 0 Å². The van der Waals surface area contributed by atoms with Gasteiger partial charge in [0, 0.05) is 19.6 Å². The molecule has 0 radical (unpaired) electrons. The Kier molecular flexibility index (Phi) is 29.3. The summed E-state index contributed by atoms with van der Waals surface area (Å²) in [7, 11) is 0. The number of carboxylic acids is 3. The molecule has 0 aliphatic heterocycles. The fourth-order valence-corrected chi connectivity index (χ4v) is 0. The number of carbonyl (C=O) groups is 3. The Balaban J connectivity index is -0.0000000655. The average molecular weight is 277 g/mol. The number of carboxylic acid groups (broad SMARTS) is 3. The van der Waals surface area contributed by atoms with Crippen molar-refractivity contribution in [3.63, 3.8) is 0 Å². The molecule has 0 aliphatic rings. The molecule has 9 nitrogen and oxygen atoms in total. The van der Waals surface area contributed by atoms with E-state index >= 15 is 0 Å². The van der Waals surface area contributed by atoms with Gasteiger partial charge in [-0.05, 0) is 0 Å². The van der Waals surface area contributed by atoms with E-state index in [9.17, 15) is 0 Å². The maximum absolute atomic E-state index is 9.13.